The van der Waals surface area contributed by atoms with Crippen LogP contribution < -0.4 is 9.88 Å². The summed E-state index contributed by atoms with van der Waals surface area (Å²) in [5.74, 6) is 2.49. The van der Waals surface area contributed by atoms with Crippen molar-refractivity contribution in [2.75, 3.05) is 0 Å². The van der Waals surface area contributed by atoms with Crippen molar-refractivity contribution >= 4 is 62.5 Å². The van der Waals surface area contributed by atoms with Crippen molar-refractivity contribution in [2.45, 2.75) is 6.92 Å². The predicted molar refractivity (Wildman–Crippen MR) is 228 cm³/mol. The first-order chi connectivity index (χ1) is 27.6. The van der Waals surface area contributed by atoms with Gasteiger partial charge in [0.05, 0.1) is 20.9 Å². The molecule has 7 nitrogen and oxygen atoms in total. The van der Waals surface area contributed by atoms with Gasteiger partial charge in [0.25, 0.3) is 0 Å². The van der Waals surface area contributed by atoms with Gasteiger partial charge in [-0.3, -0.25) is 0 Å². The molecule has 0 aliphatic rings. The Morgan fingerprint density at radius 3 is 2.05 bits per heavy atom. The molecule has 0 N–H and O–H groups in total. The van der Waals surface area contributed by atoms with Crippen LogP contribution in [0, 0.1) is 0 Å². The lowest BCUT2D eigenvalue weighted by Gasteiger charge is -2.09. The zero-order chi connectivity index (χ0) is 37.6. The van der Waals surface area contributed by atoms with Crippen LogP contribution >= 0.6 is 11.3 Å². The molecule has 8 heteroatoms. The Labute approximate surface area is 326 Å². The highest BCUT2D eigenvalue weighted by atomic mass is 32.1. The third-order valence-electron chi connectivity index (χ3n) is 9.83. The first-order valence-electron chi connectivity index (χ1n) is 18.3. The van der Waals surface area contributed by atoms with Gasteiger partial charge in [0.1, 0.15) is 10.5 Å². The number of aromatic nitrogens is 6. The first kappa shape index (κ1) is 33.3. The number of nitrogens with zero attached hydrogens (tertiary/aromatic N) is 6. The fourth-order valence-electron chi connectivity index (χ4n) is 7.04. The number of oxazole rings is 1. The van der Waals surface area contributed by atoms with Crippen LogP contribution in [0.15, 0.2) is 162 Å². The second kappa shape index (κ2) is 13.8. The minimum absolute atomic E-state index is 0.611. The Morgan fingerprint density at radius 1 is 0.607 bits per heavy atom. The summed E-state index contributed by atoms with van der Waals surface area (Å²) in [6.45, 7) is 6.32. The van der Waals surface area contributed by atoms with Gasteiger partial charge in [-0.15, -0.1) is 11.3 Å². The third kappa shape index (κ3) is 6.08. The van der Waals surface area contributed by atoms with E-state index in [1.54, 1.807) is 11.3 Å². The van der Waals surface area contributed by atoms with Crippen molar-refractivity contribution in [3.8, 4) is 50.5 Å². The highest BCUT2D eigenvalue weighted by Crippen LogP contribution is 2.36. The SMILES string of the molecule is C=c1nc(-c2cccc(-n3c4ccccc4c4cc(-c5nc6ccccc6o5)ccc43)c2)s/c1=C/C=C(\C)c1nc(-c2ccccc2)nc(-c2ccccc2)n1. The average Bonchev–Trinajstić information content (AvgIpc) is 3.96. The summed E-state index contributed by atoms with van der Waals surface area (Å²) in [6.07, 6.45) is 4.09. The van der Waals surface area contributed by atoms with Crippen LogP contribution in [0.5, 0.6) is 0 Å². The predicted octanol–water partition coefficient (Wildman–Crippen LogP) is 10.5. The summed E-state index contributed by atoms with van der Waals surface area (Å²) < 4.78 is 9.41. The van der Waals surface area contributed by atoms with Crippen molar-refractivity contribution in [3.05, 3.63) is 173 Å². The maximum Gasteiger partial charge on any atom is 0.227 e. The monoisotopic (exact) mass is 740 g/mol. The van der Waals surface area contributed by atoms with Crippen LogP contribution in [0.2, 0.25) is 0 Å². The smallest absolute Gasteiger partial charge is 0.227 e. The number of hydrogen-bond acceptors (Lipinski definition) is 7. The molecule has 10 aromatic rings. The molecule has 4 aromatic heterocycles. The molecule has 0 unspecified atom stereocenters. The Balaban J connectivity index is 1.01. The van der Waals surface area contributed by atoms with Crippen molar-refractivity contribution in [1.82, 2.24) is 29.5 Å². The summed E-state index contributed by atoms with van der Waals surface area (Å²) in [4.78, 5) is 24.3. The van der Waals surface area contributed by atoms with E-state index in [0.717, 1.165) is 76.0 Å². The number of rotatable bonds is 7. The maximum absolute atomic E-state index is 6.13. The zero-order valence-corrected chi connectivity index (χ0v) is 31.1. The average molecular weight is 741 g/mol. The molecule has 56 heavy (non-hydrogen) atoms. The van der Waals surface area contributed by atoms with Crippen LogP contribution in [0.25, 0.3) is 102 Å². The Hall–Kier alpha value is -7.29. The second-order valence-corrected chi connectivity index (χ2v) is 14.5. The van der Waals surface area contributed by atoms with E-state index in [9.17, 15) is 0 Å². The summed E-state index contributed by atoms with van der Waals surface area (Å²) in [6, 6.07) is 51.3. The van der Waals surface area contributed by atoms with Crippen LogP contribution in [0.3, 0.4) is 0 Å². The van der Waals surface area contributed by atoms with Crippen molar-refractivity contribution in [2.24, 2.45) is 0 Å². The van der Waals surface area contributed by atoms with E-state index < -0.39 is 0 Å². The molecule has 0 aliphatic carbocycles. The van der Waals surface area contributed by atoms with Crippen LogP contribution in [0.4, 0.5) is 0 Å². The topological polar surface area (TPSA) is 82.5 Å². The molecule has 0 saturated carbocycles. The van der Waals surface area contributed by atoms with Gasteiger partial charge in [-0.25, -0.2) is 24.9 Å². The minimum Gasteiger partial charge on any atom is -0.436 e. The molecule has 0 saturated heterocycles. The normalized spacial score (nSPS) is 12.3. The van der Waals surface area contributed by atoms with E-state index in [0.29, 0.717) is 28.7 Å². The van der Waals surface area contributed by atoms with E-state index in [1.807, 2.05) is 97.9 Å². The number of allylic oxidation sites excluding steroid dienone is 2. The van der Waals surface area contributed by atoms with Gasteiger partial charge in [0, 0.05) is 38.7 Å². The van der Waals surface area contributed by atoms with E-state index in [4.69, 9.17) is 29.3 Å². The molecule has 6 aromatic carbocycles. The molecule has 266 valence electrons. The van der Waals surface area contributed by atoms with Crippen LogP contribution in [-0.4, -0.2) is 29.5 Å². The Kier molecular flexibility index (Phi) is 8.23. The van der Waals surface area contributed by atoms with Crippen molar-refractivity contribution < 1.29 is 4.42 Å². The lowest BCUT2D eigenvalue weighted by Crippen LogP contribution is -2.17. The molecular formula is C48H32N6OS. The van der Waals surface area contributed by atoms with E-state index in [2.05, 4.69) is 84.0 Å². The molecule has 0 fully saturated rings. The second-order valence-electron chi connectivity index (χ2n) is 13.5. The fraction of sp³-hybridized carbons (Fsp3) is 0.0208. The quantitative estimate of drug-likeness (QED) is 0.162. The largest absolute Gasteiger partial charge is 0.436 e. The number of thiazole rings is 1. The number of hydrogen-bond donors (Lipinski definition) is 0. The number of benzene rings is 6. The molecule has 0 spiro atoms. The summed E-state index contributed by atoms with van der Waals surface area (Å²) >= 11 is 1.61. The molecule has 0 bridgehead atoms. The van der Waals surface area contributed by atoms with Gasteiger partial charge >= 0.3 is 0 Å². The van der Waals surface area contributed by atoms with Crippen LogP contribution in [-0.2, 0) is 0 Å². The third-order valence-corrected chi connectivity index (χ3v) is 10.9. The maximum atomic E-state index is 6.13. The first-order valence-corrected chi connectivity index (χ1v) is 19.1. The molecule has 0 atom stereocenters. The molecule has 4 heterocycles. The lowest BCUT2D eigenvalue weighted by atomic mass is 10.1. The molecule has 0 radical (unpaired) electrons. The summed E-state index contributed by atoms with van der Waals surface area (Å²) in [5.41, 5.74) is 9.61. The zero-order valence-electron chi connectivity index (χ0n) is 30.3. The standard InChI is InChI=1S/C48H32N6OS/c1-30(44-51-45(32-14-5-3-6-15-32)53-46(52-44)33-16-7-4-8-17-33)24-27-43-31(2)49-48(56-43)35-18-13-19-36(28-35)54-40-22-11-9-20-37(40)38-29-34(25-26-41(38)54)47-50-39-21-10-12-23-42(39)55-47/h3-29H,2H2,1H3/b30-24+,43-27+. The highest BCUT2D eigenvalue weighted by Gasteiger charge is 2.17. The highest BCUT2D eigenvalue weighted by molar-refractivity contribution is 7.13. The van der Waals surface area contributed by atoms with E-state index in [1.165, 1.54) is 0 Å². The Bertz CT molecular complexity index is 3140. The van der Waals surface area contributed by atoms with Crippen molar-refractivity contribution in [1.29, 1.82) is 0 Å². The minimum atomic E-state index is 0.611. The van der Waals surface area contributed by atoms with Gasteiger partial charge in [-0.2, -0.15) is 0 Å². The van der Waals surface area contributed by atoms with Crippen molar-refractivity contribution in [3.63, 3.8) is 0 Å². The lowest BCUT2D eigenvalue weighted by molar-refractivity contribution is 0.620. The van der Waals surface area contributed by atoms with Crippen LogP contribution in [0.1, 0.15) is 12.7 Å². The molecular weight excluding hydrogens is 709 g/mol. The summed E-state index contributed by atoms with van der Waals surface area (Å²) in [7, 11) is 0. The van der Waals surface area contributed by atoms with Gasteiger partial charge in [0.2, 0.25) is 5.89 Å². The van der Waals surface area contributed by atoms with E-state index >= 15 is 0 Å². The summed E-state index contributed by atoms with van der Waals surface area (Å²) in [5, 5.41) is 3.90. The Morgan fingerprint density at radius 2 is 1.29 bits per heavy atom. The van der Waals surface area contributed by atoms with Gasteiger partial charge in [-0.05, 0) is 67.1 Å². The molecule has 0 amide bonds. The van der Waals surface area contributed by atoms with E-state index in [-0.39, 0.29) is 0 Å². The fourth-order valence-corrected chi connectivity index (χ4v) is 7.94. The molecule has 10 rings (SSSR count). The van der Waals surface area contributed by atoms with Gasteiger partial charge in [0.15, 0.2) is 23.1 Å². The number of fused-ring (bicyclic) bond motifs is 4. The molecule has 0 aliphatic heterocycles. The number of para-hydroxylation sites is 3. The van der Waals surface area contributed by atoms with Gasteiger partial charge in [-0.1, -0.05) is 116 Å². The van der Waals surface area contributed by atoms with Gasteiger partial charge < -0.3 is 8.98 Å².